The van der Waals surface area contributed by atoms with E-state index in [1.54, 1.807) is 6.20 Å². The number of halogens is 4. The molecular formula is C32H33F4N7O2. The number of allylic oxidation sites excluding steroid dienone is 4. The monoisotopic (exact) mass is 623 g/mol. The topological polar surface area (TPSA) is 127 Å². The molecule has 9 nitrogen and oxygen atoms in total. The van der Waals surface area contributed by atoms with Crippen LogP contribution < -0.4 is 16.4 Å². The molecule has 1 saturated carbocycles. The summed E-state index contributed by atoms with van der Waals surface area (Å²) in [6, 6.07) is 3.57. The Morgan fingerprint density at radius 2 is 2.07 bits per heavy atom. The number of nitrogens with zero attached hydrogens (tertiary/aromatic N) is 4. The van der Waals surface area contributed by atoms with Gasteiger partial charge in [-0.05, 0) is 76.4 Å². The number of nitrogen functional groups attached to an aromatic ring is 1. The summed E-state index contributed by atoms with van der Waals surface area (Å²) in [4.78, 5) is 33.2. The first kappa shape index (κ1) is 31.6. The van der Waals surface area contributed by atoms with Crippen LogP contribution in [0.25, 0.3) is 28.2 Å². The Morgan fingerprint density at radius 3 is 2.78 bits per heavy atom. The van der Waals surface area contributed by atoms with E-state index in [1.807, 2.05) is 16.8 Å². The van der Waals surface area contributed by atoms with Gasteiger partial charge >= 0.3 is 6.18 Å². The number of alkyl halides is 3. The number of hydrogen-bond acceptors (Lipinski definition) is 6. The number of anilines is 1. The molecule has 0 saturated heterocycles. The zero-order valence-corrected chi connectivity index (χ0v) is 24.6. The number of pyridine rings is 1. The van der Waals surface area contributed by atoms with Gasteiger partial charge in [-0.1, -0.05) is 18.2 Å². The van der Waals surface area contributed by atoms with Gasteiger partial charge in [-0.25, -0.2) is 14.4 Å². The first-order valence-electron chi connectivity index (χ1n) is 14.7. The van der Waals surface area contributed by atoms with E-state index in [0.29, 0.717) is 42.7 Å². The number of rotatable bonds is 5. The molecule has 1 fully saturated rings. The second-order valence-corrected chi connectivity index (χ2v) is 11.1. The van der Waals surface area contributed by atoms with E-state index in [1.165, 1.54) is 19.1 Å². The molecule has 2 atom stereocenters. The number of benzene rings is 1. The minimum atomic E-state index is -4.66. The Bertz CT molecular complexity index is 1740. The maximum absolute atomic E-state index is 15.8. The van der Waals surface area contributed by atoms with Crippen molar-refractivity contribution >= 4 is 41.3 Å². The average Bonchev–Trinajstić information content (AvgIpc) is 3.40. The van der Waals surface area contributed by atoms with Gasteiger partial charge in [0, 0.05) is 35.3 Å². The van der Waals surface area contributed by atoms with Crippen molar-refractivity contribution in [1.82, 2.24) is 25.4 Å². The summed E-state index contributed by atoms with van der Waals surface area (Å²) >= 11 is 0. The van der Waals surface area contributed by atoms with Crippen molar-refractivity contribution in [3.63, 3.8) is 0 Å². The normalized spacial score (nSPS) is 20.4. The molecule has 0 spiro atoms. The fourth-order valence-electron chi connectivity index (χ4n) is 5.84. The number of aliphatic imine (C=N–C) groups is 1. The van der Waals surface area contributed by atoms with E-state index in [-0.39, 0.29) is 40.6 Å². The molecule has 1 unspecified atom stereocenters. The lowest BCUT2D eigenvalue weighted by Gasteiger charge is -2.30. The van der Waals surface area contributed by atoms with E-state index >= 15 is 4.39 Å². The number of hydrogen-bond donors (Lipinski definition) is 3. The Balaban J connectivity index is 1.55. The lowest BCUT2D eigenvalue weighted by Crippen LogP contribution is -2.39. The van der Waals surface area contributed by atoms with Crippen molar-refractivity contribution in [2.45, 2.75) is 70.1 Å². The second kappa shape index (κ2) is 13.0. The number of carbonyl (C=O) groups is 2. The van der Waals surface area contributed by atoms with Crippen molar-refractivity contribution in [3.05, 3.63) is 71.0 Å². The Hall–Kier alpha value is -4.81. The molecule has 13 heteroatoms. The molecule has 2 bridgehead atoms. The van der Waals surface area contributed by atoms with Gasteiger partial charge < -0.3 is 16.4 Å². The summed E-state index contributed by atoms with van der Waals surface area (Å²) in [7, 11) is 0. The Kier molecular flexibility index (Phi) is 9.16. The number of fused-ring (bicyclic) bond motifs is 3. The van der Waals surface area contributed by atoms with Crippen LogP contribution in [-0.4, -0.2) is 45.5 Å². The van der Waals surface area contributed by atoms with Crippen LogP contribution in [0, 0.1) is 5.82 Å². The number of aromatic nitrogens is 3. The molecular weight excluding hydrogens is 590 g/mol. The first-order chi connectivity index (χ1) is 21.5. The number of carbonyl (C=O) groups excluding carboxylic acids is 2. The highest BCUT2D eigenvalue weighted by Gasteiger charge is 2.32. The van der Waals surface area contributed by atoms with Crippen LogP contribution in [0.2, 0.25) is 0 Å². The molecule has 2 aliphatic rings. The summed E-state index contributed by atoms with van der Waals surface area (Å²) in [6.45, 7) is 4.42. The van der Waals surface area contributed by atoms with Crippen LogP contribution in [0.3, 0.4) is 0 Å². The third-order valence-electron chi connectivity index (χ3n) is 8.04. The summed E-state index contributed by atoms with van der Waals surface area (Å²) in [5.74, 6) is -1.94. The van der Waals surface area contributed by atoms with Crippen LogP contribution >= 0.6 is 0 Å². The van der Waals surface area contributed by atoms with E-state index in [9.17, 15) is 22.8 Å². The lowest BCUT2D eigenvalue weighted by atomic mass is 9.90. The number of nitrogens with one attached hydrogen (secondary N) is 2. The average molecular weight is 624 g/mol. The smallest absolute Gasteiger partial charge is 0.383 e. The third kappa shape index (κ3) is 6.81. The van der Waals surface area contributed by atoms with Crippen molar-refractivity contribution in [3.8, 4) is 11.3 Å². The fraction of sp³-hybridized carbons (Fsp3) is 0.344. The van der Waals surface area contributed by atoms with Gasteiger partial charge in [-0.15, -0.1) is 0 Å². The first-order valence-corrected chi connectivity index (χ1v) is 14.7. The van der Waals surface area contributed by atoms with Crippen LogP contribution in [0.1, 0.15) is 73.8 Å². The standard InChI is InChI=1S/C32H33F4N7O2/c1-3-20(32(34,35)36)15-25(38-2)41-31(45)18-12-13-23(24(33)14-18)28-27-29-19(17-39-30(27)37)8-5-4-6-11-26(44)40-21-9-7-10-22(16-21)43(29)42-28/h3,5,8,12-15,17,21-22H,2,4,6-7,9-11,16H2,1H3,(H2,37,39)(H,40,44)(H,41,45)/b8-5+,20-3+,25-15+/t21?,22-/m1/s1. The van der Waals surface area contributed by atoms with E-state index in [0.717, 1.165) is 37.0 Å². The largest absolute Gasteiger partial charge is 0.416 e. The minimum absolute atomic E-state index is 0.0170. The van der Waals surface area contributed by atoms with Crippen molar-refractivity contribution in [1.29, 1.82) is 0 Å². The van der Waals surface area contributed by atoms with Gasteiger partial charge in [0.15, 0.2) is 0 Å². The third-order valence-corrected chi connectivity index (χ3v) is 8.04. The molecule has 5 rings (SSSR count). The SMILES string of the molecule is C=N/C(=C\C(=C/C)C(F)(F)F)NC(=O)c1ccc(-c2nn3c4c(cnc(N)c24)/C=C/CCCC(=O)NC2CCC[C@@H]3C2)c(F)c1. The Morgan fingerprint density at radius 1 is 1.27 bits per heavy atom. The van der Waals surface area contributed by atoms with Crippen molar-refractivity contribution < 1.29 is 27.2 Å². The van der Waals surface area contributed by atoms with Crippen molar-refractivity contribution in [2.24, 2.45) is 4.99 Å². The number of amides is 2. The lowest BCUT2D eigenvalue weighted by molar-refractivity contribution is -0.122. The molecule has 236 valence electrons. The summed E-state index contributed by atoms with van der Waals surface area (Å²) in [6.07, 6.45) is 7.30. The van der Waals surface area contributed by atoms with Crippen molar-refractivity contribution in [2.75, 3.05) is 5.73 Å². The summed E-state index contributed by atoms with van der Waals surface area (Å²) in [5, 5.41) is 10.7. The van der Waals surface area contributed by atoms with E-state index < -0.39 is 29.3 Å². The summed E-state index contributed by atoms with van der Waals surface area (Å²) in [5.41, 5.74) is 6.96. The zero-order valence-electron chi connectivity index (χ0n) is 24.6. The maximum Gasteiger partial charge on any atom is 0.416 e. The predicted octanol–water partition coefficient (Wildman–Crippen LogP) is 6.40. The van der Waals surface area contributed by atoms with Crippen LogP contribution in [0.5, 0.6) is 0 Å². The minimum Gasteiger partial charge on any atom is -0.383 e. The molecule has 1 aromatic carbocycles. The highest BCUT2D eigenvalue weighted by Crippen LogP contribution is 2.39. The van der Waals surface area contributed by atoms with Gasteiger partial charge in [0.05, 0.1) is 22.5 Å². The molecule has 1 aliphatic carbocycles. The second-order valence-electron chi connectivity index (χ2n) is 11.1. The zero-order chi connectivity index (χ0) is 32.3. The maximum atomic E-state index is 15.8. The van der Waals surface area contributed by atoms with E-state index in [2.05, 4.69) is 27.3 Å². The molecule has 45 heavy (non-hydrogen) atoms. The van der Waals surface area contributed by atoms with E-state index in [4.69, 9.17) is 10.8 Å². The molecule has 2 amide bonds. The van der Waals surface area contributed by atoms with Gasteiger partial charge in [-0.3, -0.25) is 14.3 Å². The molecule has 0 radical (unpaired) electrons. The molecule has 4 N–H and O–H groups in total. The van der Waals surface area contributed by atoms with Gasteiger partial charge in [0.25, 0.3) is 5.91 Å². The highest BCUT2D eigenvalue weighted by atomic mass is 19.4. The molecule has 2 aromatic heterocycles. The van der Waals surface area contributed by atoms with Crippen LogP contribution in [0.4, 0.5) is 23.4 Å². The molecule has 3 aromatic rings. The van der Waals surface area contributed by atoms with Gasteiger partial charge in [0.2, 0.25) is 5.91 Å². The quantitative estimate of drug-likeness (QED) is 0.172. The van der Waals surface area contributed by atoms with Gasteiger partial charge in [0.1, 0.15) is 23.1 Å². The number of nitrogens with two attached hydrogens (primary N) is 1. The predicted molar refractivity (Wildman–Crippen MR) is 165 cm³/mol. The van der Waals surface area contributed by atoms with Gasteiger partial charge in [-0.2, -0.15) is 18.3 Å². The molecule has 3 heterocycles. The molecule has 1 aliphatic heterocycles. The van der Waals surface area contributed by atoms with Crippen LogP contribution in [0.15, 0.2) is 59.0 Å². The highest BCUT2D eigenvalue weighted by molar-refractivity contribution is 6.04. The summed E-state index contributed by atoms with van der Waals surface area (Å²) < 4.78 is 57.2. The Labute approximate surface area is 257 Å². The fourth-order valence-corrected chi connectivity index (χ4v) is 5.84. The van der Waals surface area contributed by atoms with Crippen LogP contribution in [-0.2, 0) is 4.79 Å².